The van der Waals surface area contributed by atoms with Crippen LogP contribution in [0.5, 0.6) is 0 Å². The third kappa shape index (κ3) is 3.76. The molecular formula is C23H32N4O. The van der Waals surface area contributed by atoms with Gasteiger partial charge in [-0.1, -0.05) is 30.3 Å². The second-order valence-electron chi connectivity index (χ2n) is 9.02. The van der Waals surface area contributed by atoms with Crippen molar-refractivity contribution in [2.45, 2.75) is 38.3 Å². The van der Waals surface area contributed by atoms with Crippen LogP contribution >= 0.6 is 0 Å². The van der Waals surface area contributed by atoms with Crippen LogP contribution in [0, 0.1) is 11.3 Å². The Labute approximate surface area is 168 Å². The van der Waals surface area contributed by atoms with Crippen LogP contribution in [0.3, 0.4) is 0 Å². The molecule has 0 aliphatic carbocycles. The van der Waals surface area contributed by atoms with Gasteiger partial charge in [0.1, 0.15) is 5.82 Å². The molecule has 2 unspecified atom stereocenters. The highest BCUT2D eigenvalue weighted by molar-refractivity contribution is 5.16. The molecule has 1 aromatic heterocycles. The van der Waals surface area contributed by atoms with Crippen LogP contribution in [0.4, 0.5) is 0 Å². The molecule has 0 spiro atoms. The van der Waals surface area contributed by atoms with Gasteiger partial charge in [0.15, 0.2) is 0 Å². The van der Waals surface area contributed by atoms with E-state index in [2.05, 4.69) is 50.1 Å². The average molecular weight is 381 g/mol. The highest BCUT2D eigenvalue weighted by Crippen LogP contribution is 2.47. The maximum atomic E-state index is 5.61. The van der Waals surface area contributed by atoms with Crippen molar-refractivity contribution in [1.29, 1.82) is 0 Å². The zero-order valence-electron chi connectivity index (χ0n) is 16.7. The monoisotopic (exact) mass is 380 g/mol. The lowest BCUT2D eigenvalue weighted by molar-refractivity contribution is 0.0352. The van der Waals surface area contributed by atoms with Gasteiger partial charge in [-0.15, -0.1) is 0 Å². The van der Waals surface area contributed by atoms with Crippen molar-refractivity contribution in [2.24, 2.45) is 11.3 Å². The van der Waals surface area contributed by atoms with E-state index in [1.165, 1.54) is 57.4 Å². The molecular weight excluding hydrogens is 348 g/mol. The second-order valence-corrected chi connectivity index (χ2v) is 9.02. The zero-order chi connectivity index (χ0) is 18.8. The highest BCUT2D eigenvalue weighted by Gasteiger charge is 2.52. The Morgan fingerprint density at radius 3 is 2.75 bits per heavy atom. The molecule has 0 amide bonds. The molecule has 3 aliphatic rings. The summed E-state index contributed by atoms with van der Waals surface area (Å²) < 4.78 is 5.61. The summed E-state index contributed by atoms with van der Waals surface area (Å²) in [6, 6.07) is 11.8. The normalized spacial score (nSPS) is 29.4. The van der Waals surface area contributed by atoms with Crippen LogP contribution in [0.15, 0.2) is 42.7 Å². The number of hydrogen-bond donors (Lipinski definition) is 1. The summed E-state index contributed by atoms with van der Waals surface area (Å²) in [7, 11) is 0. The second kappa shape index (κ2) is 7.97. The Morgan fingerprint density at radius 1 is 1.11 bits per heavy atom. The number of aromatic amines is 1. The number of aryl methyl sites for hydroxylation is 1. The molecule has 5 nitrogen and oxygen atoms in total. The van der Waals surface area contributed by atoms with Crippen molar-refractivity contribution >= 4 is 0 Å². The van der Waals surface area contributed by atoms with Gasteiger partial charge in [0, 0.05) is 63.2 Å². The van der Waals surface area contributed by atoms with E-state index in [9.17, 15) is 0 Å². The van der Waals surface area contributed by atoms with Gasteiger partial charge in [-0.25, -0.2) is 4.98 Å². The summed E-state index contributed by atoms with van der Waals surface area (Å²) in [5.41, 5.74) is 1.89. The van der Waals surface area contributed by atoms with Crippen LogP contribution in [-0.4, -0.2) is 65.2 Å². The molecule has 2 aromatic rings. The number of hydrogen-bond acceptors (Lipinski definition) is 4. The first-order valence-electron chi connectivity index (χ1n) is 10.9. The van der Waals surface area contributed by atoms with Crippen molar-refractivity contribution in [3.8, 4) is 0 Å². The van der Waals surface area contributed by atoms with Crippen molar-refractivity contribution in [1.82, 2.24) is 19.8 Å². The zero-order valence-corrected chi connectivity index (χ0v) is 16.7. The molecule has 3 fully saturated rings. The van der Waals surface area contributed by atoms with Gasteiger partial charge in [0.25, 0.3) is 0 Å². The number of aromatic nitrogens is 2. The predicted molar refractivity (Wildman–Crippen MR) is 110 cm³/mol. The first-order chi connectivity index (χ1) is 13.8. The van der Waals surface area contributed by atoms with Crippen LogP contribution in [0.1, 0.15) is 30.7 Å². The molecule has 3 saturated heterocycles. The van der Waals surface area contributed by atoms with E-state index in [0.29, 0.717) is 5.41 Å². The van der Waals surface area contributed by atoms with Gasteiger partial charge in [0.05, 0.1) is 6.54 Å². The fourth-order valence-electron chi connectivity index (χ4n) is 5.77. The van der Waals surface area contributed by atoms with E-state index in [4.69, 9.17) is 4.74 Å². The number of benzene rings is 1. The number of nitrogens with one attached hydrogen (secondary N) is 1. The molecule has 5 heteroatoms. The number of rotatable bonds is 6. The third-order valence-corrected chi connectivity index (χ3v) is 7.25. The van der Waals surface area contributed by atoms with Crippen LogP contribution in [0.25, 0.3) is 0 Å². The van der Waals surface area contributed by atoms with E-state index >= 15 is 0 Å². The lowest BCUT2D eigenvalue weighted by Gasteiger charge is -2.34. The lowest BCUT2D eigenvalue weighted by atomic mass is 9.76. The third-order valence-electron chi connectivity index (χ3n) is 7.25. The Morgan fingerprint density at radius 2 is 1.96 bits per heavy atom. The summed E-state index contributed by atoms with van der Waals surface area (Å²) in [5.74, 6) is 1.87. The van der Waals surface area contributed by atoms with E-state index < -0.39 is 0 Å². The smallest absolute Gasteiger partial charge is 0.120 e. The van der Waals surface area contributed by atoms with Gasteiger partial charge in [0.2, 0.25) is 0 Å². The molecule has 3 aliphatic heterocycles. The largest absolute Gasteiger partial charge is 0.381 e. The van der Waals surface area contributed by atoms with Gasteiger partial charge >= 0.3 is 0 Å². The predicted octanol–water partition coefficient (Wildman–Crippen LogP) is 2.96. The summed E-state index contributed by atoms with van der Waals surface area (Å²) in [6.07, 6.45) is 8.69. The molecule has 1 N–H and O–H groups in total. The summed E-state index contributed by atoms with van der Waals surface area (Å²) >= 11 is 0. The number of H-pyrrole nitrogens is 1. The molecule has 5 rings (SSSR count). The Bertz CT molecular complexity index is 743. The molecule has 150 valence electrons. The van der Waals surface area contributed by atoms with E-state index in [1.54, 1.807) is 0 Å². The van der Waals surface area contributed by atoms with Crippen LogP contribution in [0.2, 0.25) is 0 Å². The van der Waals surface area contributed by atoms with Crippen molar-refractivity contribution in [3.63, 3.8) is 0 Å². The van der Waals surface area contributed by atoms with Gasteiger partial charge in [-0.05, 0) is 37.2 Å². The van der Waals surface area contributed by atoms with Crippen molar-refractivity contribution < 1.29 is 4.74 Å². The van der Waals surface area contributed by atoms with Crippen molar-refractivity contribution in [2.75, 3.05) is 39.4 Å². The number of likely N-dealkylation sites (tertiary alicyclic amines) is 2. The standard InChI is InChI=1S/C23H32N4O/c1-2-4-19(5-3-1)6-9-23-17-26(16-22-24-10-11-25-22)14-20(23)15-27(18-23)21-7-12-28-13-8-21/h1-5,10-11,20-21H,6-9,12-18H2,(H,24,25). The van der Waals surface area contributed by atoms with Crippen LogP contribution < -0.4 is 0 Å². The fourth-order valence-corrected chi connectivity index (χ4v) is 5.77. The fraction of sp³-hybridized carbons (Fsp3) is 0.609. The average Bonchev–Trinajstić information content (AvgIpc) is 3.43. The topological polar surface area (TPSA) is 44.4 Å². The molecule has 2 atom stereocenters. The SMILES string of the molecule is c1ccc(CCC23CN(Cc4ncc[nH]4)CC2CN(C2CCOCC2)C3)cc1. The van der Waals surface area contributed by atoms with Gasteiger partial charge in [-0.3, -0.25) is 9.80 Å². The minimum Gasteiger partial charge on any atom is -0.381 e. The summed E-state index contributed by atoms with van der Waals surface area (Å²) in [5, 5.41) is 0. The molecule has 28 heavy (non-hydrogen) atoms. The van der Waals surface area contributed by atoms with E-state index in [1.807, 2.05) is 12.4 Å². The summed E-state index contributed by atoms with van der Waals surface area (Å²) in [4.78, 5) is 13.2. The highest BCUT2D eigenvalue weighted by atomic mass is 16.5. The molecule has 1 aromatic carbocycles. The number of imidazole rings is 1. The quantitative estimate of drug-likeness (QED) is 0.837. The van der Waals surface area contributed by atoms with Crippen molar-refractivity contribution in [3.05, 3.63) is 54.1 Å². The number of fused-ring (bicyclic) bond motifs is 1. The minimum atomic E-state index is 0.417. The van der Waals surface area contributed by atoms with E-state index in [-0.39, 0.29) is 0 Å². The molecule has 0 radical (unpaired) electrons. The van der Waals surface area contributed by atoms with Gasteiger partial charge in [-0.2, -0.15) is 0 Å². The Kier molecular flexibility index (Phi) is 5.22. The van der Waals surface area contributed by atoms with Crippen LogP contribution in [-0.2, 0) is 17.7 Å². The first kappa shape index (κ1) is 18.3. The Balaban J connectivity index is 1.30. The molecule has 0 saturated carbocycles. The maximum absolute atomic E-state index is 5.61. The molecule has 0 bridgehead atoms. The summed E-state index contributed by atoms with van der Waals surface area (Å²) in [6.45, 7) is 7.74. The lowest BCUT2D eigenvalue weighted by Crippen LogP contribution is -2.41. The minimum absolute atomic E-state index is 0.417. The maximum Gasteiger partial charge on any atom is 0.120 e. The van der Waals surface area contributed by atoms with E-state index in [0.717, 1.165) is 37.5 Å². The molecule has 4 heterocycles. The number of ether oxygens (including phenoxy) is 1. The van der Waals surface area contributed by atoms with Gasteiger partial charge < -0.3 is 9.72 Å². The first-order valence-corrected chi connectivity index (χ1v) is 10.9. The number of nitrogens with zero attached hydrogens (tertiary/aromatic N) is 3. The Hall–Kier alpha value is -1.69.